The average Bonchev–Trinajstić information content (AvgIpc) is 3.90. The van der Waals surface area contributed by atoms with Crippen molar-refractivity contribution >= 4 is 57.5 Å². The number of carbonyl (C=O) groups excluding carboxylic acids is 2. The van der Waals surface area contributed by atoms with Crippen LogP contribution in [0.1, 0.15) is 34.9 Å². The zero-order valence-electron chi connectivity index (χ0n) is 26.6. The number of carbonyl (C=O) groups is 2. The number of hydrogen-bond donors (Lipinski definition) is 3. The number of aromatic amines is 1. The van der Waals surface area contributed by atoms with Gasteiger partial charge in [0.05, 0.1) is 42.3 Å². The van der Waals surface area contributed by atoms with Crippen molar-refractivity contribution in [3.8, 4) is 0 Å². The van der Waals surface area contributed by atoms with Crippen LogP contribution in [-0.4, -0.2) is 101 Å². The first-order chi connectivity index (χ1) is 24.1. The minimum Gasteiger partial charge on any atom is -0.466 e. The molecule has 0 radical (unpaired) electrons. The third-order valence-electron chi connectivity index (χ3n) is 9.48. The molecule has 4 aromatic rings. The number of thiazole rings is 1. The number of urea groups is 1. The van der Waals surface area contributed by atoms with Crippen LogP contribution < -0.4 is 15.5 Å². The highest BCUT2D eigenvalue weighted by atomic mass is 35.5. The molecule has 0 spiro atoms. The lowest BCUT2D eigenvalue weighted by molar-refractivity contribution is -0.136. The number of nitrogens with zero attached hydrogens (tertiary/aromatic N) is 6. The standard InChI is InChI=1S/C33H31ClF3N9O3S/c1-49-31(47)26-25(42-29(30-38-6-9-50-30)43-27(26)20-4-2-17(35)10-21(20)34)15-44-7-8-45-19(13-44)14-46(32(45)48)18-3-5-22-23(11-18)41-28(40-22)24-12-33(36,37)16-39-24/h2-6,9-11,19,24,27,39H,7-8,12-16H2,1H3,(H,40,41)(H,42,43)/t19-,24?,27-/m0/s1. The first kappa shape index (κ1) is 32.7. The SMILES string of the molecule is COC(=O)C1=C(CN2CCN3C(=O)N(c4ccc5[nH]c(C6CC(F)(F)CN6)nc5c4)C[C@@H]3C2)NC(c2nccs2)=N[C@H]1c1ccc(F)cc1Cl. The molecule has 1 unspecified atom stereocenters. The first-order valence-electron chi connectivity index (χ1n) is 16.0. The number of benzene rings is 2. The number of rotatable bonds is 7. The van der Waals surface area contributed by atoms with E-state index in [0.29, 0.717) is 77.4 Å². The molecule has 50 heavy (non-hydrogen) atoms. The van der Waals surface area contributed by atoms with Gasteiger partial charge in [0.2, 0.25) is 0 Å². The number of nitrogens with one attached hydrogen (secondary N) is 3. The van der Waals surface area contributed by atoms with Gasteiger partial charge in [0, 0.05) is 72.7 Å². The van der Waals surface area contributed by atoms with Gasteiger partial charge in [-0.15, -0.1) is 11.3 Å². The number of aromatic nitrogens is 3. The summed E-state index contributed by atoms with van der Waals surface area (Å²) >= 11 is 7.87. The van der Waals surface area contributed by atoms with Crippen LogP contribution in [0.2, 0.25) is 5.02 Å². The third-order valence-corrected chi connectivity index (χ3v) is 10.6. The van der Waals surface area contributed by atoms with Crippen LogP contribution in [0, 0.1) is 5.82 Å². The number of hydrogen-bond acceptors (Lipinski definition) is 10. The second-order valence-electron chi connectivity index (χ2n) is 12.7. The van der Waals surface area contributed by atoms with Crippen molar-refractivity contribution in [2.24, 2.45) is 4.99 Å². The van der Waals surface area contributed by atoms with Gasteiger partial charge in [-0.3, -0.25) is 14.8 Å². The molecule has 12 nitrogen and oxygen atoms in total. The van der Waals surface area contributed by atoms with Crippen molar-refractivity contribution in [1.29, 1.82) is 0 Å². The summed E-state index contributed by atoms with van der Waals surface area (Å²) in [6.45, 7) is 1.84. The number of imidazole rings is 1. The number of ether oxygens (including phenoxy) is 1. The molecular formula is C33H31ClF3N9O3S. The minimum absolute atomic E-state index is 0.124. The van der Waals surface area contributed by atoms with Crippen LogP contribution in [0.3, 0.4) is 0 Å². The molecule has 3 atom stereocenters. The molecule has 260 valence electrons. The Bertz CT molecular complexity index is 2060. The molecule has 2 aromatic carbocycles. The van der Waals surface area contributed by atoms with Gasteiger partial charge in [0.15, 0.2) is 10.8 Å². The fraction of sp³-hybridized carbons (Fsp3) is 0.364. The number of esters is 1. The maximum atomic E-state index is 14.0. The van der Waals surface area contributed by atoms with Gasteiger partial charge in [-0.05, 0) is 30.3 Å². The molecule has 0 saturated carbocycles. The molecule has 3 N–H and O–H groups in total. The number of aliphatic imine (C=N–C) groups is 1. The van der Waals surface area contributed by atoms with E-state index < -0.39 is 36.3 Å². The topological polar surface area (TPSA) is 131 Å². The van der Waals surface area contributed by atoms with E-state index in [1.54, 1.807) is 17.2 Å². The highest BCUT2D eigenvalue weighted by Gasteiger charge is 2.43. The number of halogens is 4. The van der Waals surface area contributed by atoms with E-state index in [-0.39, 0.29) is 29.1 Å². The van der Waals surface area contributed by atoms with Gasteiger partial charge in [-0.1, -0.05) is 17.7 Å². The van der Waals surface area contributed by atoms with Gasteiger partial charge in [-0.2, -0.15) is 0 Å². The van der Waals surface area contributed by atoms with Crippen molar-refractivity contribution in [3.05, 3.63) is 86.5 Å². The van der Waals surface area contributed by atoms with Crippen LogP contribution in [0.25, 0.3) is 11.0 Å². The Hall–Kier alpha value is -4.51. The summed E-state index contributed by atoms with van der Waals surface area (Å²) < 4.78 is 46.9. The Kier molecular flexibility index (Phi) is 8.28. The fourth-order valence-corrected chi connectivity index (χ4v) is 7.94. The van der Waals surface area contributed by atoms with Gasteiger partial charge >= 0.3 is 12.0 Å². The van der Waals surface area contributed by atoms with Crippen LogP contribution >= 0.6 is 22.9 Å². The summed E-state index contributed by atoms with van der Waals surface area (Å²) in [5, 5.41) is 8.69. The van der Waals surface area contributed by atoms with Crippen LogP contribution in [0.4, 0.5) is 23.7 Å². The third kappa shape index (κ3) is 5.99. The molecule has 2 aromatic heterocycles. The van der Waals surface area contributed by atoms with E-state index in [1.165, 1.54) is 36.6 Å². The summed E-state index contributed by atoms with van der Waals surface area (Å²) in [4.78, 5) is 49.6. The number of methoxy groups -OCH3 is 1. The van der Waals surface area contributed by atoms with Crippen molar-refractivity contribution in [1.82, 2.24) is 35.4 Å². The predicted molar refractivity (Wildman–Crippen MR) is 181 cm³/mol. The lowest BCUT2D eigenvalue weighted by atomic mass is 9.95. The quantitative estimate of drug-likeness (QED) is 0.235. The number of piperazine rings is 1. The smallest absolute Gasteiger partial charge is 0.338 e. The number of anilines is 1. The molecule has 4 aliphatic heterocycles. The van der Waals surface area contributed by atoms with Crippen molar-refractivity contribution < 1.29 is 27.5 Å². The predicted octanol–water partition coefficient (Wildman–Crippen LogP) is 4.63. The molecule has 2 amide bonds. The molecule has 6 heterocycles. The number of amidine groups is 1. The Balaban J connectivity index is 1.04. The van der Waals surface area contributed by atoms with Crippen LogP contribution in [0.15, 0.2) is 64.2 Å². The van der Waals surface area contributed by atoms with Crippen molar-refractivity contribution in [2.75, 3.05) is 51.3 Å². The van der Waals surface area contributed by atoms with E-state index in [9.17, 15) is 22.8 Å². The summed E-state index contributed by atoms with van der Waals surface area (Å²) in [6, 6.07) is 7.68. The van der Waals surface area contributed by atoms with E-state index in [4.69, 9.17) is 21.3 Å². The first-order valence-corrected chi connectivity index (χ1v) is 17.2. The summed E-state index contributed by atoms with van der Waals surface area (Å²) in [5.41, 5.74) is 3.20. The Morgan fingerprint density at radius 1 is 1.18 bits per heavy atom. The highest BCUT2D eigenvalue weighted by Crippen LogP contribution is 2.38. The Labute approximate surface area is 293 Å². The van der Waals surface area contributed by atoms with E-state index in [0.717, 1.165) is 0 Å². The fourth-order valence-electron chi connectivity index (χ4n) is 7.08. The average molecular weight is 726 g/mol. The Morgan fingerprint density at radius 3 is 2.78 bits per heavy atom. The Morgan fingerprint density at radius 2 is 2.04 bits per heavy atom. The monoisotopic (exact) mass is 725 g/mol. The maximum absolute atomic E-state index is 14.0. The summed E-state index contributed by atoms with van der Waals surface area (Å²) in [5.74, 6) is -3.01. The lowest BCUT2D eigenvalue weighted by Crippen LogP contribution is -2.53. The number of H-pyrrole nitrogens is 1. The van der Waals surface area contributed by atoms with E-state index in [2.05, 4.69) is 30.5 Å². The molecule has 0 aliphatic carbocycles. The van der Waals surface area contributed by atoms with Crippen molar-refractivity contribution in [3.63, 3.8) is 0 Å². The summed E-state index contributed by atoms with van der Waals surface area (Å²) in [7, 11) is 1.29. The highest BCUT2D eigenvalue weighted by molar-refractivity contribution is 7.11. The molecule has 17 heteroatoms. The second kappa shape index (κ2) is 12.7. The van der Waals surface area contributed by atoms with Gasteiger partial charge in [-0.25, -0.2) is 32.7 Å². The zero-order valence-corrected chi connectivity index (χ0v) is 28.2. The summed E-state index contributed by atoms with van der Waals surface area (Å²) in [6.07, 6.45) is 1.33. The molecule has 8 rings (SSSR count). The number of fused-ring (bicyclic) bond motifs is 2. The van der Waals surface area contributed by atoms with Crippen LogP contribution in [-0.2, 0) is 9.53 Å². The molecule has 4 aliphatic rings. The molecular weight excluding hydrogens is 695 g/mol. The van der Waals surface area contributed by atoms with Gasteiger partial charge in [0.1, 0.15) is 17.7 Å². The maximum Gasteiger partial charge on any atom is 0.338 e. The number of amides is 2. The zero-order chi connectivity index (χ0) is 34.7. The largest absolute Gasteiger partial charge is 0.466 e. The minimum atomic E-state index is -2.78. The van der Waals surface area contributed by atoms with Crippen molar-refractivity contribution in [2.45, 2.75) is 30.5 Å². The number of alkyl halides is 2. The van der Waals surface area contributed by atoms with Gasteiger partial charge in [0.25, 0.3) is 5.92 Å². The molecule has 3 fully saturated rings. The molecule has 0 bridgehead atoms. The normalized spacial score (nSPS) is 23.7. The van der Waals surface area contributed by atoms with E-state index >= 15 is 0 Å². The van der Waals surface area contributed by atoms with Gasteiger partial charge < -0.3 is 25.3 Å². The lowest BCUT2D eigenvalue weighted by Gasteiger charge is -2.38. The van der Waals surface area contributed by atoms with E-state index in [1.807, 2.05) is 22.4 Å². The van der Waals surface area contributed by atoms with Crippen LogP contribution in [0.5, 0.6) is 0 Å². The second-order valence-corrected chi connectivity index (χ2v) is 14.0. The molecule has 3 saturated heterocycles.